The number of aliphatic hydroxyl groups excluding tert-OH is 1. The molecule has 1 aliphatic heterocycles. The summed E-state index contributed by atoms with van der Waals surface area (Å²) in [5.74, 6) is -2.35. The number of benzene rings is 1. The number of halogens is 1. The molecule has 0 spiro atoms. The van der Waals surface area contributed by atoms with E-state index >= 15 is 0 Å². The number of rotatable bonds is 3. The van der Waals surface area contributed by atoms with E-state index in [1.807, 2.05) is 0 Å². The van der Waals surface area contributed by atoms with Gasteiger partial charge in [-0.15, -0.1) is 0 Å². The fourth-order valence-electron chi connectivity index (χ4n) is 2.54. The van der Waals surface area contributed by atoms with Crippen LogP contribution in [0.4, 0.5) is 10.1 Å². The lowest BCUT2D eigenvalue weighted by Crippen LogP contribution is -2.11. The highest BCUT2D eigenvalue weighted by Gasteiger charge is 2.18. The third-order valence-electron chi connectivity index (χ3n) is 3.81. The van der Waals surface area contributed by atoms with E-state index in [1.54, 1.807) is 18.2 Å². The summed E-state index contributed by atoms with van der Waals surface area (Å²) in [6.07, 6.45) is 5.69. The molecule has 0 saturated carbocycles. The minimum Gasteiger partial charge on any atom is -0.507 e. The van der Waals surface area contributed by atoms with Crippen LogP contribution in [-0.4, -0.2) is 52.7 Å². The number of allylic oxidation sites excluding steroid dienone is 2. The molecule has 0 atom stereocenters. The van der Waals surface area contributed by atoms with Crippen LogP contribution in [-0.2, 0) is 9.53 Å². The maximum atomic E-state index is 13.6. The monoisotopic (exact) mass is 399 g/mol. The lowest BCUT2D eigenvalue weighted by atomic mass is 10.0. The van der Waals surface area contributed by atoms with Crippen LogP contribution in [0.3, 0.4) is 0 Å². The Balaban J connectivity index is 0.00000364. The van der Waals surface area contributed by atoms with Gasteiger partial charge in [-0.1, -0.05) is 12.2 Å². The van der Waals surface area contributed by atoms with Gasteiger partial charge in [0.1, 0.15) is 11.3 Å². The zero-order chi connectivity index (χ0) is 18.9. The standard InChI is InChI=1S/C19H22FNO5.2H2O/c20-15-6-4-10-26-19(25)18-13(5-2-1-3-7-16(15)23)11-14(12-17(18)24)21-8-9-22;;/h2,5-6,11-12,21-22,24H,1,3-4,7-10H2;2*1H2/b5-2+,15-6+;;. The Morgan fingerprint density at radius 2 is 1.93 bits per heavy atom. The Morgan fingerprint density at radius 1 is 1.18 bits per heavy atom. The summed E-state index contributed by atoms with van der Waals surface area (Å²) in [5, 5.41) is 22.1. The second-order valence-corrected chi connectivity index (χ2v) is 5.80. The number of aromatic hydroxyl groups is 1. The van der Waals surface area contributed by atoms with Crippen molar-refractivity contribution >= 4 is 23.5 Å². The fraction of sp³-hybridized carbons (Fsp3) is 0.368. The molecule has 0 unspecified atom stereocenters. The first-order chi connectivity index (χ1) is 12.5. The molecule has 1 aliphatic rings. The molecule has 0 amide bonds. The van der Waals surface area contributed by atoms with Crippen LogP contribution in [0.1, 0.15) is 41.6 Å². The number of cyclic esters (lactones) is 1. The number of ether oxygens (including phenoxy) is 1. The van der Waals surface area contributed by atoms with Gasteiger partial charge in [-0.05, 0) is 30.5 Å². The minimum absolute atomic E-state index is 0. The molecule has 0 aromatic heterocycles. The Labute approximate surface area is 161 Å². The van der Waals surface area contributed by atoms with E-state index in [1.165, 1.54) is 6.07 Å². The number of Topliss-reactive ketones (excluding diaryl/α,β-unsaturated/α-hetero) is 1. The molecular weight excluding hydrogens is 373 g/mol. The van der Waals surface area contributed by atoms with Gasteiger partial charge in [0.25, 0.3) is 0 Å². The second-order valence-electron chi connectivity index (χ2n) is 5.80. The van der Waals surface area contributed by atoms with Crippen molar-refractivity contribution in [2.24, 2.45) is 0 Å². The number of carbonyl (C=O) groups excluding carboxylic acids is 2. The molecular formula is C19H26FNO7. The van der Waals surface area contributed by atoms with Crippen molar-refractivity contribution in [1.29, 1.82) is 0 Å². The average molecular weight is 399 g/mol. The van der Waals surface area contributed by atoms with Crippen LogP contribution in [0, 0.1) is 0 Å². The van der Waals surface area contributed by atoms with Crippen molar-refractivity contribution < 1.29 is 39.9 Å². The van der Waals surface area contributed by atoms with Gasteiger partial charge < -0.3 is 31.2 Å². The molecule has 1 aromatic rings. The van der Waals surface area contributed by atoms with Crippen LogP contribution >= 0.6 is 0 Å². The Morgan fingerprint density at radius 3 is 2.64 bits per heavy atom. The first-order valence-electron chi connectivity index (χ1n) is 8.47. The highest BCUT2D eigenvalue weighted by molar-refractivity contribution is 5.97. The van der Waals surface area contributed by atoms with Crippen LogP contribution in [0.25, 0.3) is 6.08 Å². The minimum atomic E-state index is -0.815. The summed E-state index contributed by atoms with van der Waals surface area (Å²) >= 11 is 0. The van der Waals surface area contributed by atoms with E-state index in [4.69, 9.17) is 9.84 Å². The van der Waals surface area contributed by atoms with Crippen molar-refractivity contribution in [1.82, 2.24) is 0 Å². The molecule has 2 rings (SSSR count). The maximum Gasteiger partial charge on any atom is 0.342 e. The van der Waals surface area contributed by atoms with Crippen LogP contribution in [0.15, 0.2) is 30.1 Å². The number of phenolic OH excluding ortho intramolecular Hbond substituents is 1. The molecule has 0 bridgehead atoms. The highest BCUT2D eigenvalue weighted by atomic mass is 19.1. The number of hydrogen-bond donors (Lipinski definition) is 3. The number of ketones is 1. The first-order valence-corrected chi connectivity index (χ1v) is 8.47. The van der Waals surface area contributed by atoms with Crippen LogP contribution < -0.4 is 5.32 Å². The molecule has 0 radical (unpaired) electrons. The lowest BCUT2D eigenvalue weighted by molar-refractivity contribution is -0.117. The topological polar surface area (TPSA) is 159 Å². The van der Waals surface area contributed by atoms with E-state index in [0.717, 1.165) is 6.08 Å². The summed E-state index contributed by atoms with van der Waals surface area (Å²) in [4.78, 5) is 23.9. The van der Waals surface area contributed by atoms with Crippen molar-refractivity contribution in [3.63, 3.8) is 0 Å². The number of fused-ring (bicyclic) bond motifs is 1. The number of nitrogens with one attached hydrogen (secondary N) is 1. The predicted molar refractivity (Wildman–Crippen MR) is 103 cm³/mol. The van der Waals surface area contributed by atoms with Gasteiger partial charge in [0.2, 0.25) is 0 Å². The fourth-order valence-corrected chi connectivity index (χ4v) is 2.54. The zero-order valence-electron chi connectivity index (χ0n) is 15.3. The zero-order valence-corrected chi connectivity index (χ0v) is 15.3. The van der Waals surface area contributed by atoms with Gasteiger partial charge in [-0.2, -0.15) is 0 Å². The van der Waals surface area contributed by atoms with E-state index in [-0.39, 0.29) is 48.3 Å². The summed E-state index contributed by atoms with van der Waals surface area (Å²) in [6, 6.07) is 3.05. The average Bonchev–Trinajstić information content (AvgIpc) is 2.61. The Bertz CT molecular complexity index is 731. The van der Waals surface area contributed by atoms with Crippen molar-refractivity contribution in [2.45, 2.75) is 25.7 Å². The van der Waals surface area contributed by atoms with Gasteiger partial charge in [0, 0.05) is 31.1 Å². The van der Waals surface area contributed by atoms with E-state index in [0.29, 0.717) is 30.6 Å². The normalized spacial score (nSPS) is 18.1. The molecule has 0 saturated heterocycles. The highest BCUT2D eigenvalue weighted by Crippen LogP contribution is 2.29. The van der Waals surface area contributed by atoms with Crippen molar-refractivity contribution in [2.75, 3.05) is 25.1 Å². The third kappa shape index (κ3) is 7.10. The number of phenols is 1. The molecule has 7 N–H and O–H groups in total. The van der Waals surface area contributed by atoms with Gasteiger partial charge in [-0.3, -0.25) is 4.79 Å². The first kappa shape index (κ1) is 25.2. The summed E-state index contributed by atoms with van der Waals surface area (Å²) in [5.41, 5.74) is 1.03. The largest absolute Gasteiger partial charge is 0.507 e. The summed E-state index contributed by atoms with van der Waals surface area (Å²) in [6.45, 7) is 0.118. The van der Waals surface area contributed by atoms with Crippen molar-refractivity contribution in [3.8, 4) is 5.75 Å². The molecule has 0 fully saturated rings. The molecule has 8 nitrogen and oxygen atoms in total. The second kappa shape index (κ2) is 12.6. The number of aliphatic hydroxyl groups is 1. The third-order valence-corrected chi connectivity index (χ3v) is 3.81. The van der Waals surface area contributed by atoms with Gasteiger partial charge in [0.15, 0.2) is 11.6 Å². The van der Waals surface area contributed by atoms with Crippen LogP contribution in [0.5, 0.6) is 5.75 Å². The van der Waals surface area contributed by atoms with Crippen molar-refractivity contribution in [3.05, 3.63) is 41.2 Å². The summed E-state index contributed by atoms with van der Waals surface area (Å²) < 4.78 is 18.7. The van der Waals surface area contributed by atoms with Gasteiger partial charge >= 0.3 is 5.97 Å². The molecule has 156 valence electrons. The van der Waals surface area contributed by atoms with Crippen LogP contribution in [0.2, 0.25) is 0 Å². The van der Waals surface area contributed by atoms with E-state index in [2.05, 4.69) is 5.32 Å². The van der Waals surface area contributed by atoms with E-state index in [9.17, 15) is 19.1 Å². The molecule has 1 heterocycles. The smallest absolute Gasteiger partial charge is 0.342 e. The number of hydrogen-bond acceptors (Lipinski definition) is 6. The van der Waals surface area contributed by atoms with Gasteiger partial charge in [-0.25, -0.2) is 9.18 Å². The SMILES string of the molecule is O.O.O=C1CCC/C=C/c2cc(NCCO)cc(O)c2C(=O)OCC/C=C\1F. The van der Waals surface area contributed by atoms with Gasteiger partial charge in [0.05, 0.1) is 13.2 Å². The predicted octanol–water partition coefficient (Wildman–Crippen LogP) is 1.31. The molecule has 28 heavy (non-hydrogen) atoms. The maximum absolute atomic E-state index is 13.6. The molecule has 1 aromatic carbocycles. The van der Waals surface area contributed by atoms with E-state index < -0.39 is 17.6 Å². The molecule has 9 heteroatoms. The quantitative estimate of drug-likeness (QED) is 0.650. The number of esters is 1. The Hall–Kier alpha value is -2.75. The number of anilines is 1. The number of carbonyl (C=O) groups is 2. The lowest BCUT2D eigenvalue weighted by Gasteiger charge is -2.13. The molecule has 0 aliphatic carbocycles. The Kier molecular flexibility index (Phi) is 11.4. The summed E-state index contributed by atoms with van der Waals surface area (Å²) in [7, 11) is 0.